The highest BCUT2D eigenvalue weighted by Gasteiger charge is 2.03. The highest BCUT2D eigenvalue weighted by atomic mass is 79.9. The second-order valence-corrected chi connectivity index (χ2v) is 3.32. The number of halogens is 1. The molecule has 0 aliphatic rings. The van der Waals surface area contributed by atoms with E-state index in [-0.39, 0.29) is 6.04 Å². The Hall–Kier alpha value is -0.900. The fourth-order valence-electron chi connectivity index (χ4n) is 0.831. The van der Waals surface area contributed by atoms with Crippen LogP contribution in [0, 0.1) is 0 Å². The number of carbonyl (C=O) groups is 1. The molecule has 0 aromatic carbocycles. The van der Waals surface area contributed by atoms with Crippen LogP contribution in [0.2, 0.25) is 0 Å². The van der Waals surface area contributed by atoms with Gasteiger partial charge < -0.3 is 5.32 Å². The predicted octanol–water partition coefficient (Wildman–Crippen LogP) is 1.65. The Labute approximate surface area is 79.3 Å². The van der Waals surface area contributed by atoms with E-state index in [2.05, 4.69) is 26.2 Å². The molecule has 4 heteroatoms. The molecule has 0 spiro atoms. The van der Waals surface area contributed by atoms with Crippen LogP contribution in [0.3, 0.4) is 0 Å². The molecule has 0 bridgehead atoms. The summed E-state index contributed by atoms with van der Waals surface area (Å²) in [5.41, 5.74) is 0.852. The molecule has 1 amide bonds. The third kappa shape index (κ3) is 2.30. The van der Waals surface area contributed by atoms with Crippen molar-refractivity contribution < 1.29 is 4.79 Å². The maximum absolute atomic E-state index is 10.1. The third-order valence-corrected chi connectivity index (χ3v) is 1.98. The van der Waals surface area contributed by atoms with Crippen molar-refractivity contribution in [3.8, 4) is 0 Å². The van der Waals surface area contributed by atoms with Crippen LogP contribution in [0.5, 0.6) is 0 Å². The quantitative estimate of drug-likeness (QED) is 0.800. The number of nitrogens with zero attached hydrogens (tertiary/aromatic N) is 1. The van der Waals surface area contributed by atoms with Crippen LogP contribution < -0.4 is 5.32 Å². The second kappa shape index (κ2) is 4.21. The van der Waals surface area contributed by atoms with Gasteiger partial charge in [0.05, 0.1) is 11.7 Å². The molecule has 12 heavy (non-hydrogen) atoms. The Morgan fingerprint density at radius 2 is 2.42 bits per heavy atom. The summed E-state index contributed by atoms with van der Waals surface area (Å²) >= 11 is 3.28. The monoisotopic (exact) mass is 228 g/mol. The summed E-state index contributed by atoms with van der Waals surface area (Å²) in [6.45, 7) is 1.88. The van der Waals surface area contributed by atoms with E-state index in [0.29, 0.717) is 6.41 Å². The van der Waals surface area contributed by atoms with E-state index in [0.717, 1.165) is 10.2 Å². The second-order valence-electron chi connectivity index (χ2n) is 2.41. The molecule has 3 nitrogen and oxygen atoms in total. The van der Waals surface area contributed by atoms with Crippen LogP contribution >= 0.6 is 15.9 Å². The first-order valence-corrected chi connectivity index (χ1v) is 4.34. The van der Waals surface area contributed by atoms with Gasteiger partial charge in [-0.05, 0) is 35.0 Å². The summed E-state index contributed by atoms with van der Waals surface area (Å²) in [6, 6.07) is 3.73. The van der Waals surface area contributed by atoms with Crippen LogP contribution in [0.1, 0.15) is 18.7 Å². The van der Waals surface area contributed by atoms with Gasteiger partial charge in [0.15, 0.2) is 0 Å². The van der Waals surface area contributed by atoms with Crippen molar-refractivity contribution in [2.75, 3.05) is 0 Å². The lowest BCUT2D eigenvalue weighted by atomic mass is 10.2. The van der Waals surface area contributed by atoms with E-state index < -0.39 is 0 Å². The van der Waals surface area contributed by atoms with Crippen molar-refractivity contribution in [1.82, 2.24) is 10.3 Å². The summed E-state index contributed by atoms with van der Waals surface area (Å²) in [7, 11) is 0. The van der Waals surface area contributed by atoms with Gasteiger partial charge in [-0.25, -0.2) is 0 Å². The van der Waals surface area contributed by atoms with Gasteiger partial charge in [0.1, 0.15) is 0 Å². The topological polar surface area (TPSA) is 42.0 Å². The van der Waals surface area contributed by atoms with Gasteiger partial charge in [-0.15, -0.1) is 0 Å². The first kappa shape index (κ1) is 9.19. The molecule has 1 N–H and O–H groups in total. The van der Waals surface area contributed by atoms with E-state index >= 15 is 0 Å². The highest BCUT2D eigenvalue weighted by molar-refractivity contribution is 9.10. The average Bonchev–Trinajstić information content (AvgIpc) is 2.06. The SMILES string of the molecule is CC(NC=O)c1ccc(Br)cn1. The van der Waals surface area contributed by atoms with Gasteiger partial charge in [-0.2, -0.15) is 0 Å². The maximum atomic E-state index is 10.1. The summed E-state index contributed by atoms with van der Waals surface area (Å²) in [5.74, 6) is 0. The van der Waals surface area contributed by atoms with Gasteiger partial charge in [-0.3, -0.25) is 9.78 Å². The van der Waals surface area contributed by atoms with E-state index in [1.807, 2.05) is 19.1 Å². The smallest absolute Gasteiger partial charge is 0.207 e. The van der Waals surface area contributed by atoms with Crippen molar-refractivity contribution in [3.05, 3.63) is 28.5 Å². The Morgan fingerprint density at radius 1 is 1.67 bits per heavy atom. The largest absolute Gasteiger partial charge is 0.351 e. The lowest BCUT2D eigenvalue weighted by Crippen LogP contribution is -2.16. The number of carbonyl (C=O) groups excluding carboxylic acids is 1. The van der Waals surface area contributed by atoms with E-state index in [1.165, 1.54) is 0 Å². The lowest BCUT2D eigenvalue weighted by molar-refractivity contribution is -0.110. The standard InChI is InChI=1S/C8H9BrN2O/c1-6(11-5-12)8-3-2-7(9)4-10-8/h2-6H,1H3,(H,11,12). The molecule has 0 aliphatic carbocycles. The molecule has 0 radical (unpaired) electrons. The number of rotatable bonds is 3. The molecular formula is C8H9BrN2O. The van der Waals surface area contributed by atoms with Crippen LogP contribution in [0.25, 0.3) is 0 Å². The van der Waals surface area contributed by atoms with Gasteiger partial charge in [0, 0.05) is 10.7 Å². The molecule has 1 heterocycles. The third-order valence-electron chi connectivity index (χ3n) is 1.51. The van der Waals surface area contributed by atoms with Crippen molar-refractivity contribution in [1.29, 1.82) is 0 Å². The van der Waals surface area contributed by atoms with Crippen molar-refractivity contribution in [2.24, 2.45) is 0 Å². The number of amides is 1. The van der Waals surface area contributed by atoms with Gasteiger partial charge in [0.2, 0.25) is 6.41 Å². The Kier molecular flexibility index (Phi) is 3.22. The normalized spacial score (nSPS) is 12.2. The van der Waals surface area contributed by atoms with Crippen molar-refractivity contribution in [3.63, 3.8) is 0 Å². The summed E-state index contributed by atoms with van der Waals surface area (Å²) < 4.78 is 0.935. The van der Waals surface area contributed by atoms with Crippen molar-refractivity contribution >= 4 is 22.3 Å². The molecule has 1 unspecified atom stereocenters. The summed E-state index contributed by atoms with van der Waals surface area (Å²) in [4.78, 5) is 14.2. The predicted molar refractivity (Wildman–Crippen MR) is 49.6 cm³/mol. The molecule has 0 fully saturated rings. The number of pyridine rings is 1. The molecule has 0 aliphatic heterocycles. The van der Waals surface area contributed by atoms with Gasteiger partial charge >= 0.3 is 0 Å². The molecular weight excluding hydrogens is 220 g/mol. The Bertz CT molecular complexity index is 260. The Balaban J connectivity index is 2.74. The fourth-order valence-corrected chi connectivity index (χ4v) is 1.07. The number of hydrogen-bond acceptors (Lipinski definition) is 2. The van der Waals surface area contributed by atoms with Crippen LogP contribution in [-0.2, 0) is 4.79 Å². The number of hydrogen-bond donors (Lipinski definition) is 1. The zero-order valence-corrected chi connectivity index (χ0v) is 8.21. The molecule has 64 valence electrons. The van der Waals surface area contributed by atoms with E-state index in [9.17, 15) is 4.79 Å². The van der Waals surface area contributed by atoms with Crippen LogP contribution in [-0.4, -0.2) is 11.4 Å². The summed E-state index contributed by atoms with van der Waals surface area (Å²) in [5, 5.41) is 2.62. The average molecular weight is 229 g/mol. The highest BCUT2D eigenvalue weighted by Crippen LogP contribution is 2.12. The first-order valence-electron chi connectivity index (χ1n) is 3.55. The maximum Gasteiger partial charge on any atom is 0.207 e. The van der Waals surface area contributed by atoms with Crippen molar-refractivity contribution in [2.45, 2.75) is 13.0 Å². The molecule has 1 atom stereocenters. The Morgan fingerprint density at radius 3 is 2.92 bits per heavy atom. The first-order chi connectivity index (χ1) is 5.74. The van der Waals surface area contributed by atoms with Crippen LogP contribution in [0.4, 0.5) is 0 Å². The van der Waals surface area contributed by atoms with E-state index in [1.54, 1.807) is 6.20 Å². The van der Waals surface area contributed by atoms with Crippen LogP contribution in [0.15, 0.2) is 22.8 Å². The minimum Gasteiger partial charge on any atom is -0.351 e. The minimum atomic E-state index is -0.0319. The zero-order chi connectivity index (χ0) is 8.97. The summed E-state index contributed by atoms with van der Waals surface area (Å²) in [6.07, 6.45) is 2.38. The lowest BCUT2D eigenvalue weighted by Gasteiger charge is -2.08. The molecule has 1 aromatic heterocycles. The van der Waals surface area contributed by atoms with Gasteiger partial charge in [0.25, 0.3) is 0 Å². The fraction of sp³-hybridized carbons (Fsp3) is 0.250. The number of nitrogens with one attached hydrogen (secondary N) is 1. The molecule has 1 aromatic rings. The molecule has 0 saturated heterocycles. The van der Waals surface area contributed by atoms with Gasteiger partial charge in [-0.1, -0.05) is 0 Å². The number of aromatic nitrogens is 1. The zero-order valence-electron chi connectivity index (χ0n) is 6.62. The molecule has 1 rings (SSSR count). The minimum absolute atomic E-state index is 0.0319. The van der Waals surface area contributed by atoms with E-state index in [4.69, 9.17) is 0 Å². The molecule has 0 saturated carbocycles.